The van der Waals surface area contributed by atoms with Crippen LogP contribution < -0.4 is 0 Å². The molecule has 1 aromatic rings. The van der Waals surface area contributed by atoms with E-state index in [1.165, 1.54) is 0 Å². The molecule has 0 aromatic heterocycles. The maximum atomic E-state index is 9.53. The summed E-state index contributed by atoms with van der Waals surface area (Å²) in [5, 5.41) is 18.8. The van der Waals surface area contributed by atoms with E-state index in [-0.39, 0.29) is 0 Å². The van der Waals surface area contributed by atoms with E-state index < -0.39 is 12.2 Å². The van der Waals surface area contributed by atoms with Gasteiger partial charge in [-0.2, -0.15) is 0 Å². The first-order valence-corrected chi connectivity index (χ1v) is 3.92. The second kappa shape index (κ2) is 2.73. The van der Waals surface area contributed by atoms with Gasteiger partial charge in [0.25, 0.3) is 0 Å². The molecule has 2 rings (SSSR count). The topological polar surface area (TPSA) is 40.5 Å². The van der Waals surface area contributed by atoms with Gasteiger partial charge in [-0.3, -0.25) is 0 Å². The van der Waals surface area contributed by atoms with Gasteiger partial charge in [-0.05, 0) is 11.1 Å². The second-order valence-electron chi connectivity index (χ2n) is 2.92. The molecule has 0 radical (unpaired) electrons. The molecule has 12 heavy (non-hydrogen) atoms. The average molecular weight is 162 g/mol. The van der Waals surface area contributed by atoms with E-state index in [1.807, 2.05) is 30.3 Å². The highest BCUT2D eigenvalue weighted by Gasteiger charge is 2.20. The Labute approximate surface area is 70.8 Å². The maximum Gasteiger partial charge on any atom is 0.109 e. The summed E-state index contributed by atoms with van der Waals surface area (Å²) >= 11 is 0. The molecule has 1 aromatic carbocycles. The van der Waals surface area contributed by atoms with Crippen LogP contribution in [0, 0.1) is 0 Å². The predicted octanol–water partition coefficient (Wildman–Crippen LogP) is 1.11. The summed E-state index contributed by atoms with van der Waals surface area (Å²) < 4.78 is 0. The molecular formula is C10H10O2. The zero-order chi connectivity index (χ0) is 8.55. The SMILES string of the molecule is OC1C=Cc2ccccc2C1O. The van der Waals surface area contributed by atoms with Crippen molar-refractivity contribution in [1.82, 2.24) is 0 Å². The highest BCUT2D eigenvalue weighted by molar-refractivity contribution is 5.58. The lowest BCUT2D eigenvalue weighted by Crippen LogP contribution is -2.19. The van der Waals surface area contributed by atoms with Crippen molar-refractivity contribution in [3.8, 4) is 0 Å². The largest absolute Gasteiger partial charge is 0.386 e. The summed E-state index contributed by atoms with van der Waals surface area (Å²) in [6.45, 7) is 0. The van der Waals surface area contributed by atoms with Crippen molar-refractivity contribution >= 4 is 6.08 Å². The molecule has 0 fully saturated rings. The molecule has 2 unspecified atom stereocenters. The van der Waals surface area contributed by atoms with Crippen molar-refractivity contribution in [1.29, 1.82) is 0 Å². The third-order valence-corrected chi connectivity index (χ3v) is 2.11. The standard InChI is InChI=1S/C10H10O2/c11-9-6-5-7-3-1-2-4-8(7)10(9)12/h1-6,9-12H. The summed E-state index contributed by atoms with van der Waals surface area (Å²) in [4.78, 5) is 0. The molecule has 2 nitrogen and oxygen atoms in total. The molecule has 0 saturated carbocycles. The Hall–Kier alpha value is -1.12. The fraction of sp³-hybridized carbons (Fsp3) is 0.200. The fourth-order valence-electron chi connectivity index (χ4n) is 1.42. The molecule has 2 atom stereocenters. The fourth-order valence-corrected chi connectivity index (χ4v) is 1.42. The summed E-state index contributed by atoms with van der Waals surface area (Å²) in [6, 6.07) is 7.51. The number of rotatable bonds is 0. The molecule has 1 aliphatic carbocycles. The minimum atomic E-state index is -0.772. The van der Waals surface area contributed by atoms with Crippen LogP contribution in [-0.4, -0.2) is 16.3 Å². The molecular weight excluding hydrogens is 152 g/mol. The highest BCUT2D eigenvalue weighted by atomic mass is 16.3. The van der Waals surface area contributed by atoms with Gasteiger partial charge in [0.1, 0.15) is 12.2 Å². The first-order valence-electron chi connectivity index (χ1n) is 3.92. The Morgan fingerprint density at radius 2 is 1.83 bits per heavy atom. The first kappa shape index (κ1) is 7.53. The monoisotopic (exact) mass is 162 g/mol. The Kier molecular flexibility index (Phi) is 1.71. The number of hydrogen-bond acceptors (Lipinski definition) is 2. The second-order valence-corrected chi connectivity index (χ2v) is 2.92. The summed E-state index contributed by atoms with van der Waals surface area (Å²) in [7, 11) is 0. The summed E-state index contributed by atoms with van der Waals surface area (Å²) in [6.07, 6.45) is 1.89. The van der Waals surface area contributed by atoms with Crippen molar-refractivity contribution in [3.63, 3.8) is 0 Å². The minimum Gasteiger partial charge on any atom is -0.386 e. The summed E-state index contributed by atoms with van der Waals surface area (Å²) in [5.74, 6) is 0. The van der Waals surface area contributed by atoms with Gasteiger partial charge < -0.3 is 10.2 Å². The van der Waals surface area contributed by atoms with E-state index in [0.717, 1.165) is 11.1 Å². The molecule has 0 spiro atoms. The van der Waals surface area contributed by atoms with Crippen molar-refractivity contribution < 1.29 is 10.2 Å². The van der Waals surface area contributed by atoms with Gasteiger partial charge in [0, 0.05) is 0 Å². The smallest absolute Gasteiger partial charge is 0.109 e. The zero-order valence-corrected chi connectivity index (χ0v) is 6.51. The van der Waals surface area contributed by atoms with Crippen LogP contribution in [0.1, 0.15) is 17.2 Å². The quantitative estimate of drug-likeness (QED) is 0.600. The Bertz CT molecular complexity index is 317. The van der Waals surface area contributed by atoms with E-state index in [1.54, 1.807) is 6.08 Å². The Balaban J connectivity index is 2.52. The number of fused-ring (bicyclic) bond motifs is 1. The summed E-state index contributed by atoms with van der Waals surface area (Å²) in [5.41, 5.74) is 1.78. The van der Waals surface area contributed by atoms with E-state index >= 15 is 0 Å². The van der Waals surface area contributed by atoms with Gasteiger partial charge >= 0.3 is 0 Å². The van der Waals surface area contributed by atoms with E-state index in [4.69, 9.17) is 0 Å². The molecule has 1 aliphatic rings. The van der Waals surface area contributed by atoms with Gasteiger partial charge in [0.2, 0.25) is 0 Å². The van der Waals surface area contributed by atoms with Crippen LogP contribution in [0.3, 0.4) is 0 Å². The lowest BCUT2D eigenvalue weighted by Gasteiger charge is -2.21. The molecule has 62 valence electrons. The molecule has 0 heterocycles. The van der Waals surface area contributed by atoms with Crippen molar-refractivity contribution in [2.24, 2.45) is 0 Å². The average Bonchev–Trinajstić information content (AvgIpc) is 2.12. The third-order valence-electron chi connectivity index (χ3n) is 2.11. The van der Waals surface area contributed by atoms with Gasteiger partial charge in [-0.1, -0.05) is 36.4 Å². The number of aliphatic hydroxyl groups excluding tert-OH is 2. The molecule has 0 amide bonds. The maximum absolute atomic E-state index is 9.53. The van der Waals surface area contributed by atoms with Crippen LogP contribution in [0.2, 0.25) is 0 Å². The Morgan fingerprint density at radius 3 is 2.67 bits per heavy atom. The van der Waals surface area contributed by atoms with Crippen LogP contribution in [0.5, 0.6) is 0 Å². The lowest BCUT2D eigenvalue weighted by atomic mass is 9.93. The van der Waals surface area contributed by atoms with Crippen LogP contribution in [0.15, 0.2) is 30.3 Å². The van der Waals surface area contributed by atoms with Crippen molar-refractivity contribution in [2.45, 2.75) is 12.2 Å². The van der Waals surface area contributed by atoms with Gasteiger partial charge in [-0.25, -0.2) is 0 Å². The van der Waals surface area contributed by atoms with E-state index in [0.29, 0.717) is 0 Å². The van der Waals surface area contributed by atoms with Crippen LogP contribution in [0.4, 0.5) is 0 Å². The molecule has 0 bridgehead atoms. The number of benzene rings is 1. The van der Waals surface area contributed by atoms with Crippen molar-refractivity contribution in [3.05, 3.63) is 41.5 Å². The number of hydrogen-bond donors (Lipinski definition) is 2. The Morgan fingerprint density at radius 1 is 1.08 bits per heavy atom. The lowest BCUT2D eigenvalue weighted by molar-refractivity contribution is 0.0470. The normalized spacial score (nSPS) is 26.8. The van der Waals surface area contributed by atoms with Gasteiger partial charge in [-0.15, -0.1) is 0 Å². The first-order chi connectivity index (χ1) is 5.79. The van der Waals surface area contributed by atoms with Gasteiger partial charge in [0.05, 0.1) is 0 Å². The predicted molar refractivity (Wildman–Crippen MR) is 46.4 cm³/mol. The van der Waals surface area contributed by atoms with Crippen molar-refractivity contribution in [2.75, 3.05) is 0 Å². The van der Waals surface area contributed by atoms with Crippen LogP contribution in [0.25, 0.3) is 6.08 Å². The van der Waals surface area contributed by atoms with E-state index in [2.05, 4.69) is 0 Å². The zero-order valence-electron chi connectivity index (χ0n) is 6.51. The molecule has 0 aliphatic heterocycles. The minimum absolute atomic E-state index is 0.764. The van der Waals surface area contributed by atoms with E-state index in [9.17, 15) is 10.2 Å². The molecule has 0 saturated heterocycles. The molecule has 2 heteroatoms. The molecule has 2 N–H and O–H groups in total. The number of aliphatic hydroxyl groups is 2. The highest BCUT2D eigenvalue weighted by Crippen LogP contribution is 2.27. The third kappa shape index (κ3) is 1.05. The van der Waals surface area contributed by atoms with Gasteiger partial charge in [0.15, 0.2) is 0 Å². The van der Waals surface area contributed by atoms with Crippen LogP contribution >= 0.6 is 0 Å². The van der Waals surface area contributed by atoms with Crippen LogP contribution in [-0.2, 0) is 0 Å².